The molecule has 0 aromatic rings. The highest BCUT2D eigenvalue weighted by Gasteiger charge is 2.34. The van der Waals surface area contributed by atoms with E-state index in [0.29, 0.717) is 26.2 Å². The van der Waals surface area contributed by atoms with Crippen LogP contribution in [0.5, 0.6) is 0 Å². The molecule has 2 amide bonds. The Labute approximate surface area is 126 Å². The molecule has 6 nitrogen and oxygen atoms in total. The molecule has 3 saturated heterocycles. The first-order chi connectivity index (χ1) is 10.2. The van der Waals surface area contributed by atoms with Gasteiger partial charge in [0, 0.05) is 26.2 Å². The first-order valence-corrected chi connectivity index (χ1v) is 8.29. The van der Waals surface area contributed by atoms with Crippen LogP contribution < -0.4 is 0 Å². The van der Waals surface area contributed by atoms with Gasteiger partial charge in [-0.3, -0.25) is 24.5 Å². The normalized spacial score (nSPS) is 25.9. The Morgan fingerprint density at radius 2 is 1.10 bits per heavy atom. The van der Waals surface area contributed by atoms with E-state index in [4.69, 9.17) is 0 Å². The molecule has 0 N–H and O–H groups in total. The molecule has 6 heteroatoms. The van der Waals surface area contributed by atoms with Gasteiger partial charge in [-0.2, -0.15) is 0 Å². The molecule has 3 rings (SSSR count). The number of likely N-dealkylation sites (tertiary alicyclic amines) is 1. The average Bonchev–Trinajstić information content (AvgIpc) is 2.64. The predicted octanol–water partition coefficient (Wildman–Crippen LogP) is 0.154. The third-order valence-electron chi connectivity index (χ3n) is 4.76. The van der Waals surface area contributed by atoms with Crippen molar-refractivity contribution in [2.24, 2.45) is 0 Å². The fourth-order valence-corrected chi connectivity index (χ4v) is 3.51. The molecular weight excluding hydrogens is 268 g/mol. The second kappa shape index (κ2) is 6.75. The molecule has 3 heterocycles. The third-order valence-corrected chi connectivity index (χ3v) is 4.76. The second-order valence-electron chi connectivity index (χ2n) is 6.35. The van der Waals surface area contributed by atoms with Crippen molar-refractivity contribution in [3.05, 3.63) is 0 Å². The molecular formula is C15H26N4O2. The smallest absolute Gasteiger partial charge is 0.255 e. The Kier molecular flexibility index (Phi) is 4.75. The van der Waals surface area contributed by atoms with E-state index in [2.05, 4.69) is 4.90 Å². The van der Waals surface area contributed by atoms with Crippen LogP contribution in [0.4, 0.5) is 0 Å². The number of hydrogen-bond donors (Lipinski definition) is 0. The van der Waals surface area contributed by atoms with Crippen molar-refractivity contribution in [2.75, 3.05) is 52.4 Å². The maximum Gasteiger partial charge on any atom is 0.255 e. The van der Waals surface area contributed by atoms with E-state index in [-0.39, 0.29) is 11.8 Å². The van der Waals surface area contributed by atoms with Gasteiger partial charge in [0.05, 0.1) is 13.1 Å². The van der Waals surface area contributed by atoms with E-state index in [1.54, 1.807) is 10.0 Å². The number of carbonyl (C=O) groups is 2. The standard InChI is InChI=1S/C15H26N4O2/c20-14-12-17(11-10-16-6-2-1-3-7-16)13-15(21)19-9-5-4-8-18(14)19/h1-13H2. The molecule has 0 unspecified atom stereocenters. The van der Waals surface area contributed by atoms with E-state index in [1.165, 1.54) is 19.3 Å². The monoisotopic (exact) mass is 294 g/mol. The summed E-state index contributed by atoms with van der Waals surface area (Å²) < 4.78 is 0. The van der Waals surface area contributed by atoms with Gasteiger partial charge in [0.1, 0.15) is 0 Å². The Hall–Kier alpha value is -1.14. The van der Waals surface area contributed by atoms with Crippen LogP contribution in [0, 0.1) is 0 Å². The van der Waals surface area contributed by atoms with Gasteiger partial charge in [-0.05, 0) is 38.8 Å². The van der Waals surface area contributed by atoms with Crippen molar-refractivity contribution in [3.8, 4) is 0 Å². The van der Waals surface area contributed by atoms with Gasteiger partial charge in [-0.15, -0.1) is 0 Å². The molecule has 0 spiro atoms. The lowest BCUT2D eigenvalue weighted by Gasteiger charge is -2.36. The van der Waals surface area contributed by atoms with Crippen LogP contribution in [-0.4, -0.2) is 84.0 Å². The lowest BCUT2D eigenvalue weighted by molar-refractivity contribution is -0.163. The van der Waals surface area contributed by atoms with Crippen LogP contribution >= 0.6 is 0 Å². The molecule has 21 heavy (non-hydrogen) atoms. The number of fused-ring (bicyclic) bond motifs is 1. The van der Waals surface area contributed by atoms with Crippen molar-refractivity contribution in [3.63, 3.8) is 0 Å². The predicted molar refractivity (Wildman–Crippen MR) is 79.4 cm³/mol. The molecule has 118 valence electrons. The molecule has 3 aliphatic rings. The second-order valence-corrected chi connectivity index (χ2v) is 6.35. The Morgan fingerprint density at radius 1 is 0.619 bits per heavy atom. The SMILES string of the molecule is O=C1CN(CCN2CCCCC2)CC(=O)N2CCCCN12. The van der Waals surface area contributed by atoms with Crippen molar-refractivity contribution in [1.82, 2.24) is 19.8 Å². The number of carbonyl (C=O) groups excluding carboxylic acids is 2. The largest absolute Gasteiger partial charge is 0.302 e. The van der Waals surface area contributed by atoms with E-state index in [9.17, 15) is 9.59 Å². The van der Waals surface area contributed by atoms with E-state index < -0.39 is 0 Å². The summed E-state index contributed by atoms with van der Waals surface area (Å²) in [5, 5.41) is 3.35. The summed E-state index contributed by atoms with van der Waals surface area (Å²) in [4.78, 5) is 29.1. The highest BCUT2D eigenvalue weighted by molar-refractivity contribution is 5.87. The molecule has 0 saturated carbocycles. The summed E-state index contributed by atoms with van der Waals surface area (Å²) >= 11 is 0. The fraction of sp³-hybridized carbons (Fsp3) is 0.867. The van der Waals surface area contributed by atoms with Crippen molar-refractivity contribution < 1.29 is 9.59 Å². The van der Waals surface area contributed by atoms with Crippen LogP contribution in [-0.2, 0) is 9.59 Å². The third kappa shape index (κ3) is 3.55. The minimum Gasteiger partial charge on any atom is -0.302 e. The highest BCUT2D eigenvalue weighted by Crippen LogP contribution is 2.15. The van der Waals surface area contributed by atoms with Gasteiger partial charge >= 0.3 is 0 Å². The molecule has 0 atom stereocenters. The summed E-state index contributed by atoms with van der Waals surface area (Å²) in [6.07, 6.45) is 5.90. The number of hydrazine groups is 1. The summed E-state index contributed by atoms with van der Waals surface area (Å²) in [7, 11) is 0. The molecule has 0 aromatic carbocycles. The van der Waals surface area contributed by atoms with Crippen molar-refractivity contribution in [2.45, 2.75) is 32.1 Å². The Bertz CT molecular complexity index is 369. The first kappa shape index (κ1) is 14.8. The molecule has 0 radical (unpaired) electrons. The van der Waals surface area contributed by atoms with Gasteiger partial charge < -0.3 is 4.90 Å². The zero-order valence-electron chi connectivity index (χ0n) is 12.8. The van der Waals surface area contributed by atoms with Crippen molar-refractivity contribution >= 4 is 11.8 Å². The number of nitrogens with zero attached hydrogens (tertiary/aromatic N) is 4. The lowest BCUT2D eigenvalue weighted by atomic mass is 10.1. The summed E-state index contributed by atoms with van der Waals surface area (Å²) in [6.45, 7) is 6.28. The highest BCUT2D eigenvalue weighted by atomic mass is 16.2. The van der Waals surface area contributed by atoms with E-state index in [1.807, 2.05) is 4.90 Å². The van der Waals surface area contributed by atoms with Gasteiger partial charge in [0.15, 0.2) is 0 Å². The molecule has 3 fully saturated rings. The van der Waals surface area contributed by atoms with E-state index >= 15 is 0 Å². The minimum atomic E-state index is 0.0826. The summed E-state index contributed by atoms with van der Waals surface area (Å²) in [6, 6.07) is 0. The number of amides is 2. The van der Waals surface area contributed by atoms with Crippen LogP contribution in [0.1, 0.15) is 32.1 Å². The molecule has 3 aliphatic heterocycles. The van der Waals surface area contributed by atoms with Crippen LogP contribution in [0.25, 0.3) is 0 Å². The van der Waals surface area contributed by atoms with Crippen LogP contribution in [0.2, 0.25) is 0 Å². The van der Waals surface area contributed by atoms with Gasteiger partial charge in [0.25, 0.3) is 11.8 Å². The number of rotatable bonds is 3. The topological polar surface area (TPSA) is 47.1 Å². The van der Waals surface area contributed by atoms with Crippen LogP contribution in [0.3, 0.4) is 0 Å². The quantitative estimate of drug-likeness (QED) is 0.744. The van der Waals surface area contributed by atoms with Crippen molar-refractivity contribution in [1.29, 1.82) is 0 Å². The lowest BCUT2D eigenvalue weighted by Crippen LogP contribution is -2.52. The van der Waals surface area contributed by atoms with Gasteiger partial charge in [-0.25, -0.2) is 0 Å². The summed E-state index contributed by atoms with van der Waals surface area (Å²) in [5.41, 5.74) is 0. The molecule has 0 bridgehead atoms. The molecule has 0 aromatic heterocycles. The molecule has 0 aliphatic carbocycles. The Morgan fingerprint density at radius 3 is 1.67 bits per heavy atom. The van der Waals surface area contributed by atoms with E-state index in [0.717, 1.165) is 39.0 Å². The minimum absolute atomic E-state index is 0.0826. The summed E-state index contributed by atoms with van der Waals surface area (Å²) in [5.74, 6) is 0.165. The zero-order valence-corrected chi connectivity index (χ0v) is 12.8. The fourth-order valence-electron chi connectivity index (χ4n) is 3.51. The Balaban J connectivity index is 1.56. The maximum absolute atomic E-state index is 12.3. The van der Waals surface area contributed by atoms with Gasteiger partial charge in [0.2, 0.25) is 0 Å². The first-order valence-electron chi connectivity index (χ1n) is 8.29. The average molecular weight is 294 g/mol. The maximum atomic E-state index is 12.3. The van der Waals surface area contributed by atoms with Gasteiger partial charge in [-0.1, -0.05) is 6.42 Å². The zero-order chi connectivity index (χ0) is 14.7. The number of hydrogen-bond acceptors (Lipinski definition) is 4. The number of piperidine rings is 1. The van der Waals surface area contributed by atoms with Crippen LogP contribution in [0.15, 0.2) is 0 Å².